The van der Waals surface area contributed by atoms with Crippen molar-refractivity contribution >= 4 is 0 Å². The minimum atomic E-state index is -0.613. The Morgan fingerprint density at radius 1 is 1.54 bits per heavy atom. The van der Waals surface area contributed by atoms with E-state index in [1.54, 1.807) is 12.5 Å². The SMILES string of the molecule is CC(C)CC(C)(O)Cc1ccoc1. The molecule has 0 saturated heterocycles. The molecular weight excluding hydrogens is 164 g/mol. The number of furan rings is 1. The first-order valence-electron chi connectivity index (χ1n) is 4.73. The summed E-state index contributed by atoms with van der Waals surface area (Å²) in [6.07, 6.45) is 4.81. The van der Waals surface area contributed by atoms with E-state index in [0.29, 0.717) is 12.3 Å². The highest BCUT2D eigenvalue weighted by Crippen LogP contribution is 2.21. The molecule has 0 aliphatic carbocycles. The summed E-state index contributed by atoms with van der Waals surface area (Å²) in [5.74, 6) is 0.516. The first kappa shape index (κ1) is 10.3. The molecule has 0 aliphatic rings. The van der Waals surface area contributed by atoms with E-state index in [1.165, 1.54) is 0 Å². The van der Waals surface area contributed by atoms with E-state index in [0.717, 1.165) is 12.0 Å². The van der Waals surface area contributed by atoms with Gasteiger partial charge < -0.3 is 9.52 Å². The Labute approximate surface area is 79.6 Å². The van der Waals surface area contributed by atoms with Gasteiger partial charge in [-0.1, -0.05) is 13.8 Å². The summed E-state index contributed by atoms with van der Waals surface area (Å²) < 4.78 is 4.95. The summed E-state index contributed by atoms with van der Waals surface area (Å²) in [4.78, 5) is 0. The molecule has 1 heterocycles. The van der Waals surface area contributed by atoms with Crippen molar-refractivity contribution in [1.29, 1.82) is 0 Å². The first-order chi connectivity index (χ1) is 5.99. The number of hydrogen-bond donors (Lipinski definition) is 1. The van der Waals surface area contributed by atoms with Gasteiger partial charge in [0.05, 0.1) is 18.1 Å². The minimum Gasteiger partial charge on any atom is -0.472 e. The molecular formula is C11H18O2. The van der Waals surface area contributed by atoms with E-state index in [2.05, 4.69) is 13.8 Å². The summed E-state index contributed by atoms with van der Waals surface area (Å²) >= 11 is 0. The molecule has 1 N–H and O–H groups in total. The molecule has 1 aromatic rings. The quantitative estimate of drug-likeness (QED) is 0.776. The smallest absolute Gasteiger partial charge is 0.0935 e. The van der Waals surface area contributed by atoms with Crippen LogP contribution in [0, 0.1) is 5.92 Å². The van der Waals surface area contributed by atoms with Gasteiger partial charge in [-0.25, -0.2) is 0 Å². The van der Waals surface area contributed by atoms with Crippen LogP contribution in [0.3, 0.4) is 0 Å². The van der Waals surface area contributed by atoms with Crippen LogP contribution in [0.4, 0.5) is 0 Å². The van der Waals surface area contributed by atoms with Crippen LogP contribution in [-0.4, -0.2) is 10.7 Å². The van der Waals surface area contributed by atoms with Gasteiger partial charge in [-0.05, 0) is 30.9 Å². The second kappa shape index (κ2) is 3.97. The predicted octanol–water partition coefficient (Wildman–Crippen LogP) is 2.62. The standard InChI is InChI=1S/C11H18O2/c1-9(2)6-11(3,12)7-10-4-5-13-8-10/h4-5,8-9,12H,6-7H2,1-3H3. The summed E-state index contributed by atoms with van der Waals surface area (Å²) in [7, 11) is 0. The van der Waals surface area contributed by atoms with Gasteiger partial charge in [-0.15, -0.1) is 0 Å². The van der Waals surface area contributed by atoms with Gasteiger partial charge in [-0.3, -0.25) is 0 Å². The lowest BCUT2D eigenvalue weighted by molar-refractivity contribution is 0.0387. The Morgan fingerprint density at radius 2 is 2.23 bits per heavy atom. The lowest BCUT2D eigenvalue weighted by atomic mass is 9.89. The van der Waals surface area contributed by atoms with Gasteiger partial charge in [0.2, 0.25) is 0 Å². The van der Waals surface area contributed by atoms with Crippen molar-refractivity contribution in [1.82, 2.24) is 0 Å². The van der Waals surface area contributed by atoms with Crippen LogP contribution in [0.5, 0.6) is 0 Å². The third kappa shape index (κ3) is 3.64. The molecule has 0 spiro atoms. The molecule has 0 fully saturated rings. The Morgan fingerprint density at radius 3 is 2.69 bits per heavy atom. The largest absolute Gasteiger partial charge is 0.472 e. The molecule has 1 atom stereocenters. The highest BCUT2D eigenvalue weighted by Gasteiger charge is 2.22. The second-order valence-corrected chi connectivity index (χ2v) is 4.40. The summed E-state index contributed by atoms with van der Waals surface area (Å²) in [5, 5.41) is 10.0. The fourth-order valence-electron chi connectivity index (χ4n) is 1.78. The molecule has 74 valence electrons. The predicted molar refractivity (Wildman–Crippen MR) is 52.5 cm³/mol. The third-order valence-corrected chi connectivity index (χ3v) is 2.01. The maximum absolute atomic E-state index is 10.0. The molecule has 13 heavy (non-hydrogen) atoms. The van der Waals surface area contributed by atoms with Gasteiger partial charge in [0.15, 0.2) is 0 Å². The normalized spacial score (nSPS) is 16.1. The maximum atomic E-state index is 10.0. The maximum Gasteiger partial charge on any atom is 0.0935 e. The summed E-state index contributed by atoms with van der Waals surface area (Å²) in [6, 6.07) is 1.90. The zero-order valence-electron chi connectivity index (χ0n) is 8.58. The molecule has 2 nitrogen and oxygen atoms in total. The fraction of sp³-hybridized carbons (Fsp3) is 0.636. The second-order valence-electron chi connectivity index (χ2n) is 4.40. The molecule has 1 rings (SSSR count). The molecule has 0 aromatic carbocycles. The van der Waals surface area contributed by atoms with Gasteiger partial charge in [0.25, 0.3) is 0 Å². The molecule has 0 saturated carbocycles. The van der Waals surface area contributed by atoms with E-state index in [1.807, 2.05) is 13.0 Å². The molecule has 0 bridgehead atoms. The molecule has 0 aliphatic heterocycles. The average Bonchev–Trinajstić information content (AvgIpc) is 2.34. The zero-order valence-corrected chi connectivity index (χ0v) is 8.58. The minimum absolute atomic E-state index is 0.516. The zero-order chi connectivity index (χ0) is 9.90. The van der Waals surface area contributed by atoms with Crippen LogP contribution in [-0.2, 0) is 6.42 Å². The molecule has 0 amide bonds. The topological polar surface area (TPSA) is 33.4 Å². The van der Waals surface area contributed by atoms with E-state index in [4.69, 9.17) is 4.42 Å². The van der Waals surface area contributed by atoms with E-state index >= 15 is 0 Å². The van der Waals surface area contributed by atoms with Crippen molar-refractivity contribution in [2.45, 2.75) is 39.2 Å². The van der Waals surface area contributed by atoms with Crippen molar-refractivity contribution in [3.8, 4) is 0 Å². The van der Waals surface area contributed by atoms with E-state index in [9.17, 15) is 5.11 Å². The average molecular weight is 182 g/mol. The number of hydrogen-bond acceptors (Lipinski definition) is 2. The Hall–Kier alpha value is -0.760. The van der Waals surface area contributed by atoms with Crippen LogP contribution >= 0.6 is 0 Å². The van der Waals surface area contributed by atoms with Crippen molar-refractivity contribution in [3.05, 3.63) is 24.2 Å². The van der Waals surface area contributed by atoms with E-state index in [-0.39, 0.29) is 0 Å². The lowest BCUT2D eigenvalue weighted by Crippen LogP contribution is -2.28. The number of aliphatic hydroxyl groups is 1. The summed E-state index contributed by atoms with van der Waals surface area (Å²) in [6.45, 7) is 6.10. The van der Waals surface area contributed by atoms with Crippen LogP contribution in [0.2, 0.25) is 0 Å². The Bertz CT molecular complexity index is 235. The van der Waals surface area contributed by atoms with E-state index < -0.39 is 5.60 Å². The molecule has 1 unspecified atom stereocenters. The number of rotatable bonds is 4. The van der Waals surface area contributed by atoms with Gasteiger partial charge in [0.1, 0.15) is 0 Å². The Kier molecular flexibility index (Phi) is 3.15. The van der Waals surface area contributed by atoms with Gasteiger partial charge >= 0.3 is 0 Å². The third-order valence-electron chi connectivity index (χ3n) is 2.01. The van der Waals surface area contributed by atoms with Crippen LogP contribution in [0.15, 0.2) is 23.0 Å². The van der Waals surface area contributed by atoms with Gasteiger partial charge in [-0.2, -0.15) is 0 Å². The monoisotopic (exact) mass is 182 g/mol. The van der Waals surface area contributed by atoms with Crippen molar-refractivity contribution < 1.29 is 9.52 Å². The highest BCUT2D eigenvalue weighted by molar-refractivity contribution is 5.08. The lowest BCUT2D eigenvalue weighted by Gasteiger charge is -2.24. The van der Waals surface area contributed by atoms with Crippen LogP contribution in [0.1, 0.15) is 32.8 Å². The van der Waals surface area contributed by atoms with Crippen LogP contribution < -0.4 is 0 Å². The Balaban J connectivity index is 2.51. The van der Waals surface area contributed by atoms with Crippen molar-refractivity contribution in [2.75, 3.05) is 0 Å². The summed E-state index contributed by atoms with van der Waals surface area (Å²) in [5.41, 5.74) is 0.448. The highest BCUT2D eigenvalue weighted by atomic mass is 16.3. The first-order valence-corrected chi connectivity index (χ1v) is 4.73. The molecule has 2 heteroatoms. The molecule has 0 radical (unpaired) electrons. The van der Waals surface area contributed by atoms with Crippen molar-refractivity contribution in [3.63, 3.8) is 0 Å². The van der Waals surface area contributed by atoms with Gasteiger partial charge in [0, 0.05) is 6.42 Å². The van der Waals surface area contributed by atoms with Crippen molar-refractivity contribution in [2.24, 2.45) is 5.92 Å². The fourth-order valence-corrected chi connectivity index (χ4v) is 1.78. The van der Waals surface area contributed by atoms with Crippen LogP contribution in [0.25, 0.3) is 0 Å². The molecule has 1 aromatic heterocycles.